The van der Waals surface area contributed by atoms with Gasteiger partial charge in [0.05, 0.1) is 6.54 Å². The zero-order chi connectivity index (χ0) is 14.3. The molecule has 1 amide bonds. The van der Waals surface area contributed by atoms with Crippen molar-refractivity contribution in [2.75, 3.05) is 20.1 Å². The van der Waals surface area contributed by atoms with E-state index in [1.807, 2.05) is 32.2 Å². The van der Waals surface area contributed by atoms with E-state index in [1.165, 1.54) is 0 Å². The molecule has 0 atom stereocenters. The molecular weight excluding hydrogens is 236 g/mol. The fraction of sp³-hybridized carbons (Fsp3) is 0.438. The minimum atomic E-state index is 0.0577. The second kappa shape index (κ2) is 7.60. The summed E-state index contributed by atoms with van der Waals surface area (Å²) in [5.74, 6) is 5.89. The number of hydrogen-bond donors (Lipinski definition) is 1. The zero-order valence-electron chi connectivity index (χ0n) is 12.0. The molecule has 19 heavy (non-hydrogen) atoms. The van der Waals surface area contributed by atoms with Gasteiger partial charge >= 0.3 is 0 Å². The molecular formula is C16H22N2O. The Bertz CT molecular complexity index is 497. The number of amides is 1. The van der Waals surface area contributed by atoms with Crippen molar-refractivity contribution in [3.63, 3.8) is 0 Å². The van der Waals surface area contributed by atoms with Crippen LogP contribution >= 0.6 is 0 Å². The van der Waals surface area contributed by atoms with Gasteiger partial charge in [-0.05, 0) is 31.0 Å². The summed E-state index contributed by atoms with van der Waals surface area (Å²) in [6.07, 6.45) is 2.10. The minimum absolute atomic E-state index is 0.0577. The van der Waals surface area contributed by atoms with Crippen molar-refractivity contribution in [2.24, 2.45) is 5.73 Å². The van der Waals surface area contributed by atoms with Crippen LogP contribution in [-0.4, -0.2) is 30.9 Å². The molecule has 2 N–H and O–H groups in total. The molecule has 0 saturated carbocycles. The Morgan fingerprint density at radius 1 is 1.42 bits per heavy atom. The highest BCUT2D eigenvalue weighted by atomic mass is 16.2. The Kier molecular flexibility index (Phi) is 6.11. The molecule has 0 aromatic heterocycles. The molecule has 0 fully saturated rings. The van der Waals surface area contributed by atoms with E-state index in [4.69, 9.17) is 5.73 Å². The molecule has 0 spiro atoms. The Labute approximate surface area is 115 Å². The van der Waals surface area contributed by atoms with Crippen LogP contribution in [0.15, 0.2) is 18.2 Å². The van der Waals surface area contributed by atoms with Crippen molar-refractivity contribution < 1.29 is 4.79 Å². The van der Waals surface area contributed by atoms with Gasteiger partial charge in [0, 0.05) is 24.7 Å². The fourth-order valence-corrected chi connectivity index (χ4v) is 1.85. The van der Waals surface area contributed by atoms with Crippen LogP contribution in [0, 0.1) is 18.8 Å². The highest BCUT2D eigenvalue weighted by Crippen LogP contribution is 2.15. The molecule has 1 aromatic rings. The predicted molar refractivity (Wildman–Crippen MR) is 79.0 cm³/mol. The lowest BCUT2D eigenvalue weighted by Crippen LogP contribution is -2.28. The topological polar surface area (TPSA) is 46.3 Å². The average molecular weight is 258 g/mol. The summed E-state index contributed by atoms with van der Waals surface area (Å²) in [6, 6.07) is 5.64. The molecule has 0 heterocycles. The first kappa shape index (κ1) is 15.3. The first-order valence-corrected chi connectivity index (χ1v) is 6.65. The predicted octanol–water partition coefficient (Wildman–Crippen LogP) is 2.18. The summed E-state index contributed by atoms with van der Waals surface area (Å²) in [5.41, 5.74) is 7.91. The van der Waals surface area contributed by atoms with Crippen LogP contribution in [0.25, 0.3) is 0 Å². The van der Waals surface area contributed by atoms with Gasteiger partial charge in [-0.2, -0.15) is 0 Å². The lowest BCUT2D eigenvalue weighted by atomic mass is 10.0. The SMILES string of the molecule is CCCCN(C)C(=O)c1cccc(C#CCN)c1C. The normalized spacial score (nSPS) is 9.68. The second-order valence-electron chi connectivity index (χ2n) is 4.56. The average Bonchev–Trinajstić information content (AvgIpc) is 2.43. The molecule has 1 aromatic carbocycles. The van der Waals surface area contributed by atoms with Gasteiger partial charge in [0.15, 0.2) is 0 Å². The maximum Gasteiger partial charge on any atom is 0.253 e. The van der Waals surface area contributed by atoms with Crippen molar-refractivity contribution in [3.8, 4) is 11.8 Å². The van der Waals surface area contributed by atoms with Crippen LogP contribution in [0.2, 0.25) is 0 Å². The van der Waals surface area contributed by atoms with Crippen LogP contribution in [0.4, 0.5) is 0 Å². The molecule has 0 radical (unpaired) electrons. The number of carbonyl (C=O) groups excluding carboxylic acids is 1. The Hall–Kier alpha value is -1.79. The number of benzene rings is 1. The number of unbranched alkanes of at least 4 members (excludes halogenated alkanes) is 1. The van der Waals surface area contributed by atoms with E-state index >= 15 is 0 Å². The van der Waals surface area contributed by atoms with Crippen LogP contribution in [-0.2, 0) is 0 Å². The molecule has 3 heteroatoms. The molecule has 1 rings (SSSR count). The highest BCUT2D eigenvalue weighted by Gasteiger charge is 2.14. The van der Waals surface area contributed by atoms with E-state index < -0.39 is 0 Å². The maximum atomic E-state index is 12.4. The van der Waals surface area contributed by atoms with Gasteiger partial charge in [-0.25, -0.2) is 0 Å². The van der Waals surface area contributed by atoms with Gasteiger partial charge in [-0.1, -0.05) is 31.3 Å². The Morgan fingerprint density at radius 3 is 2.79 bits per heavy atom. The summed E-state index contributed by atoms with van der Waals surface area (Å²) in [4.78, 5) is 14.1. The van der Waals surface area contributed by atoms with Crippen molar-refractivity contribution >= 4 is 5.91 Å². The van der Waals surface area contributed by atoms with Crippen LogP contribution < -0.4 is 5.73 Å². The number of nitrogens with zero attached hydrogens (tertiary/aromatic N) is 1. The smallest absolute Gasteiger partial charge is 0.253 e. The largest absolute Gasteiger partial charge is 0.342 e. The standard InChI is InChI=1S/C16H22N2O/c1-4-5-12-18(3)16(19)15-10-6-8-14(13(15)2)9-7-11-17/h6,8,10H,4-5,11-12,17H2,1-3H3. The molecule has 0 aliphatic carbocycles. The summed E-state index contributed by atoms with van der Waals surface area (Å²) < 4.78 is 0. The summed E-state index contributed by atoms with van der Waals surface area (Å²) in [5, 5.41) is 0. The lowest BCUT2D eigenvalue weighted by molar-refractivity contribution is 0.0792. The molecule has 0 aliphatic rings. The summed E-state index contributed by atoms with van der Waals surface area (Å²) in [6.45, 7) is 5.16. The molecule has 102 valence electrons. The Balaban J connectivity index is 2.97. The van der Waals surface area contributed by atoms with Gasteiger partial charge in [0.25, 0.3) is 5.91 Å². The van der Waals surface area contributed by atoms with Gasteiger partial charge in [-0.15, -0.1) is 0 Å². The summed E-state index contributed by atoms with van der Waals surface area (Å²) >= 11 is 0. The summed E-state index contributed by atoms with van der Waals surface area (Å²) in [7, 11) is 1.84. The first-order chi connectivity index (χ1) is 9.11. The highest BCUT2D eigenvalue weighted by molar-refractivity contribution is 5.96. The molecule has 0 bridgehead atoms. The maximum absolute atomic E-state index is 12.4. The van der Waals surface area contributed by atoms with Crippen molar-refractivity contribution in [3.05, 3.63) is 34.9 Å². The van der Waals surface area contributed by atoms with Crippen molar-refractivity contribution in [1.29, 1.82) is 0 Å². The van der Waals surface area contributed by atoms with E-state index in [2.05, 4.69) is 18.8 Å². The quantitative estimate of drug-likeness (QED) is 0.841. The number of rotatable bonds is 4. The fourth-order valence-electron chi connectivity index (χ4n) is 1.85. The Morgan fingerprint density at radius 2 is 2.16 bits per heavy atom. The van der Waals surface area contributed by atoms with Crippen LogP contribution in [0.3, 0.4) is 0 Å². The third-order valence-electron chi connectivity index (χ3n) is 3.08. The van der Waals surface area contributed by atoms with Crippen LogP contribution in [0.1, 0.15) is 41.3 Å². The van der Waals surface area contributed by atoms with E-state index in [1.54, 1.807) is 4.90 Å². The second-order valence-corrected chi connectivity index (χ2v) is 4.56. The molecule has 0 saturated heterocycles. The molecule has 0 aliphatic heterocycles. The number of nitrogens with two attached hydrogens (primary N) is 1. The van der Waals surface area contributed by atoms with E-state index in [-0.39, 0.29) is 5.91 Å². The van der Waals surface area contributed by atoms with Crippen LogP contribution in [0.5, 0.6) is 0 Å². The third-order valence-corrected chi connectivity index (χ3v) is 3.08. The van der Waals surface area contributed by atoms with Crippen molar-refractivity contribution in [2.45, 2.75) is 26.7 Å². The van der Waals surface area contributed by atoms with Gasteiger partial charge < -0.3 is 10.6 Å². The van der Waals surface area contributed by atoms with Gasteiger partial charge in [-0.3, -0.25) is 4.79 Å². The number of carbonyl (C=O) groups is 1. The first-order valence-electron chi connectivity index (χ1n) is 6.65. The monoisotopic (exact) mass is 258 g/mol. The lowest BCUT2D eigenvalue weighted by Gasteiger charge is -2.18. The molecule has 0 unspecified atom stereocenters. The van der Waals surface area contributed by atoms with E-state index in [0.717, 1.165) is 36.1 Å². The number of hydrogen-bond acceptors (Lipinski definition) is 2. The van der Waals surface area contributed by atoms with Crippen molar-refractivity contribution in [1.82, 2.24) is 4.90 Å². The van der Waals surface area contributed by atoms with E-state index in [9.17, 15) is 4.79 Å². The van der Waals surface area contributed by atoms with Gasteiger partial charge in [0.1, 0.15) is 0 Å². The van der Waals surface area contributed by atoms with E-state index in [0.29, 0.717) is 6.54 Å². The zero-order valence-corrected chi connectivity index (χ0v) is 12.0. The molecule has 3 nitrogen and oxygen atoms in total. The minimum Gasteiger partial charge on any atom is -0.342 e. The third kappa shape index (κ3) is 4.11. The van der Waals surface area contributed by atoms with Gasteiger partial charge in [0.2, 0.25) is 0 Å².